The first-order chi connectivity index (χ1) is 9.10. The van der Waals surface area contributed by atoms with Crippen LogP contribution >= 0.6 is 38.9 Å². The molecule has 0 aliphatic carbocycles. The molecule has 1 aromatic carbocycles. The lowest BCUT2D eigenvalue weighted by atomic mass is 10.1. The molecule has 0 atom stereocenters. The zero-order valence-corrected chi connectivity index (χ0v) is 13.9. The van der Waals surface area contributed by atoms with Crippen LogP contribution in [0, 0.1) is 0 Å². The minimum Gasteiger partial charge on any atom is -0.369 e. The highest BCUT2D eigenvalue weighted by molar-refractivity contribution is 9.10. The third kappa shape index (κ3) is 3.96. The van der Waals surface area contributed by atoms with E-state index in [0.29, 0.717) is 6.54 Å². The van der Waals surface area contributed by atoms with E-state index in [1.807, 2.05) is 12.1 Å². The smallest absolute Gasteiger partial charge is 0.0520 e. The number of thiophene rings is 1. The number of benzene rings is 1. The lowest BCUT2D eigenvalue weighted by molar-refractivity contribution is 0.903. The van der Waals surface area contributed by atoms with Crippen molar-refractivity contribution in [3.63, 3.8) is 0 Å². The van der Waals surface area contributed by atoms with Crippen molar-refractivity contribution in [2.24, 2.45) is 5.73 Å². The Balaban J connectivity index is 2.20. The van der Waals surface area contributed by atoms with Gasteiger partial charge in [0.05, 0.1) is 6.54 Å². The van der Waals surface area contributed by atoms with Gasteiger partial charge in [0.2, 0.25) is 0 Å². The van der Waals surface area contributed by atoms with Gasteiger partial charge in [-0.15, -0.1) is 11.3 Å². The normalized spacial score (nSPS) is 10.7. The van der Waals surface area contributed by atoms with Gasteiger partial charge in [-0.25, -0.2) is 0 Å². The highest BCUT2D eigenvalue weighted by atomic mass is 79.9. The van der Waals surface area contributed by atoms with Gasteiger partial charge in [0, 0.05) is 32.5 Å². The van der Waals surface area contributed by atoms with E-state index in [2.05, 4.69) is 45.4 Å². The van der Waals surface area contributed by atoms with E-state index in [-0.39, 0.29) is 0 Å². The summed E-state index contributed by atoms with van der Waals surface area (Å²) in [4.78, 5) is 3.56. The molecule has 0 spiro atoms. The second-order valence-corrected chi connectivity index (χ2v) is 6.75. The van der Waals surface area contributed by atoms with Crippen molar-refractivity contribution < 1.29 is 0 Å². The van der Waals surface area contributed by atoms with Gasteiger partial charge in [0.15, 0.2) is 0 Å². The van der Waals surface area contributed by atoms with E-state index in [0.717, 1.165) is 22.5 Å². The van der Waals surface area contributed by atoms with Gasteiger partial charge in [-0.05, 0) is 58.7 Å². The summed E-state index contributed by atoms with van der Waals surface area (Å²) in [5.41, 5.74) is 8.07. The molecule has 0 fully saturated rings. The van der Waals surface area contributed by atoms with Gasteiger partial charge in [-0.3, -0.25) is 0 Å². The molecule has 0 radical (unpaired) electrons. The standard InChI is InChI=1S/C14H16BrClN2S/c1-18(8-13-7-11(15)9-19-13)14-3-2-12(16)6-10(14)4-5-17/h2-3,6-7,9H,4-5,8,17H2,1H3. The van der Waals surface area contributed by atoms with Gasteiger partial charge < -0.3 is 10.6 Å². The number of nitrogens with two attached hydrogens (primary N) is 1. The van der Waals surface area contributed by atoms with Crippen molar-refractivity contribution in [1.29, 1.82) is 0 Å². The van der Waals surface area contributed by atoms with Gasteiger partial charge in [-0.1, -0.05) is 11.6 Å². The van der Waals surface area contributed by atoms with Crippen molar-refractivity contribution in [2.75, 3.05) is 18.5 Å². The molecule has 1 heterocycles. The quantitative estimate of drug-likeness (QED) is 0.862. The maximum Gasteiger partial charge on any atom is 0.0520 e. The lowest BCUT2D eigenvalue weighted by Crippen LogP contribution is -2.18. The molecule has 0 bridgehead atoms. The molecular formula is C14H16BrClN2S. The average Bonchev–Trinajstić information content (AvgIpc) is 2.75. The summed E-state index contributed by atoms with van der Waals surface area (Å²) >= 11 is 11.3. The fraction of sp³-hybridized carbons (Fsp3) is 0.286. The van der Waals surface area contributed by atoms with Crippen molar-refractivity contribution in [2.45, 2.75) is 13.0 Å². The number of hydrogen-bond donors (Lipinski definition) is 1. The molecule has 2 rings (SSSR count). The van der Waals surface area contributed by atoms with E-state index < -0.39 is 0 Å². The highest BCUT2D eigenvalue weighted by Gasteiger charge is 2.09. The number of hydrogen-bond acceptors (Lipinski definition) is 3. The molecular weight excluding hydrogens is 344 g/mol. The monoisotopic (exact) mass is 358 g/mol. The highest BCUT2D eigenvalue weighted by Crippen LogP contribution is 2.27. The number of halogens is 2. The predicted octanol–water partition coefficient (Wildman–Crippen LogP) is 4.30. The molecule has 2 nitrogen and oxygen atoms in total. The maximum absolute atomic E-state index is 6.06. The van der Waals surface area contributed by atoms with E-state index >= 15 is 0 Å². The van der Waals surface area contributed by atoms with Crippen LogP contribution in [0.15, 0.2) is 34.1 Å². The number of rotatable bonds is 5. The Bertz CT molecular complexity index is 556. The average molecular weight is 360 g/mol. The zero-order valence-electron chi connectivity index (χ0n) is 10.7. The van der Waals surface area contributed by atoms with Crippen LogP contribution in [-0.2, 0) is 13.0 Å². The topological polar surface area (TPSA) is 29.3 Å². The van der Waals surface area contributed by atoms with Crippen LogP contribution in [-0.4, -0.2) is 13.6 Å². The van der Waals surface area contributed by atoms with E-state index in [1.165, 1.54) is 16.1 Å². The molecule has 19 heavy (non-hydrogen) atoms. The molecule has 5 heteroatoms. The van der Waals surface area contributed by atoms with Crippen molar-refractivity contribution >= 4 is 44.6 Å². The summed E-state index contributed by atoms with van der Waals surface area (Å²) in [6, 6.07) is 8.15. The first-order valence-electron chi connectivity index (χ1n) is 6.02. The second-order valence-electron chi connectivity index (χ2n) is 4.40. The summed E-state index contributed by atoms with van der Waals surface area (Å²) in [5, 5.41) is 2.87. The molecule has 2 aromatic rings. The van der Waals surface area contributed by atoms with Crippen LogP contribution < -0.4 is 10.6 Å². The van der Waals surface area contributed by atoms with E-state index in [1.54, 1.807) is 11.3 Å². The Labute approximate surface area is 131 Å². The Morgan fingerprint density at radius 1 is 1.37 bits per heavy atom. The van der Waals surface area contributed by atoms with Crippen LogP contribution in [0.5, 0.6) is 0 Å². The Hall–Kier alpha value is -0.550. The van der Waals surface area contributed by atoms with E-state index in [4.69, 9.17) is 17.3 Å². The van der Waals surface area contributed by atoms with Gasteiger partial charge >= 0.3 is 0 Å². The molecule has 0 saturated carbocycles. The molecule has 0 unspecified atom stereocenters. The van der Waals surface area contributed by atoms with Crippen molar-refractivity contribution in [3.05, 3.63) is 49.6 Å². The zero-order chi connectivity index (χ0) is 13.8. The molecule has 0 aliphatic rings. The second kappa shape index (κ2) is 6.75. The number of nitrogens with zero attached hydrogens (tertiary/aromatic N) is 1. The third-order valence-electron chi connectivity index (χ3n) is 2.88. The summed E-state index contributed by atoms with van der Waals surface area (Å²) in [7, 11) is 2.09. The first kappa shape index (κ1) is 14.9. The summed E-state index contributed by atoms with van der Waals surface area (Å²) in [5.74, 6) is 0. The predicted molar refractivity (Wildman–Crippen MR) is 88.3 cm³/mol. The molecule has 0 aliphatic heterocycles. The summed E-state index contributed by atoms with van der Waals surface area (Å²) in [6.07, 6.45) is 0.842. The molecule has 2 N–H and O–H groups in total. The molecule has 102 valence electrons. The Morgan fingerprint density at radius 3 is 2.79 bits per heavy atom. The Kier molecular flexibility index (Phi) is 5.28. The third-order valence-corrected chi connectivity index (χ3v) is 4.80. The maximum atomic E-state index is 6.06. The number of anilines is 1. The molecule has 1 aromatic heterocycles. The molecule has 0 amide bonds. The summed E-state index contributed by atoms with van der Waals surface area (Å²) < 4.78 is 1.14. The Morgan fingerprint density at radius 2 is 2.16 bits per heavy atom. The summed E-state index contributed by atoms with van der Waals surface area (Å²) in [6.45, 7) is 1.52. The van der Waals surface area contributed by atoms with Gasteiger partial charge in [-0.2, -0.15) is 0 Å². The molecule has 0 saturated heterocycles. The van der Waals surface area contributed by atoms with Gasteiger partial charge in [0.25, 0.3) is 0 Å². The van der Waals surface area contributed by atoms with E-state index in [9.17, 15) is 0 Å². The van der Waals surface area contributed by atoms with Gasteiger partial charge in [0.1, 0.15) is 0 Å². The SMILES string of the molecule is CN(Cc1cc(Br)cs1)c1ccc(Cl)cc1CCN. The lowest BCUT2D eigenvalue weighted by Gasteiger charge is -2.22. The minimum absolute atomic E-state index is 0.631. The largest absolute Gasteiger partial charge is 0.369 e. The van der Waals surface area contributed by atoms with Crippen LogP contribution in [0.4, 0.5) is 5.69 Å². The fourth-order valence-electron chi connectivity index (χ4n) is 2.04. The van der Waals surface area contributed by atoms with Crippen molar-refractivity contribution in [1.82, 2.24) is 0 Å². The van der Waals surface area contributed by atoms with Crippen LogP contribution in [0.2, 0.25) is 5.02 Å². The van der Waals surface area contributed by atoms with Crippen LogP contribution in [0.3, 0.4) is 0 Å². The minimum atomic E-state index is 0.631. The van der Waals surface area contributed by atoms with Crippen LogP contribution in [0.1, 0.15) is 10.4 Å². The first-order valence-corrected chi connectivity index (χ1v) is 8.07. The van der Waals surface area contributed by atoms with Crippen LogP contribution in [0.25, 0.3) is 0 Å². The fourth-order valence-corrected chi connectivity index (χ4v) is 3.74. The van der Waals surface area contributed by atoms with Crippen molar-refractivity contribution in [3.8, 4) is 0 Å².